The quantitative estimate of drug-likeness (QED) is 0.833. The van der Waals surface area contributed by atoms with Crippen LogP contribution in [0.2, 0.25) is 0 Å². The Morgan fingerprint density at radius 2 is 2.00 bits per heavy atom. The first-order chi connectivity index (χ1) is 9.62. The topological polar surface area (TPSA) is 66.4 Å². The summed E-state index contributed by atoms with van der Waals surface area (Å²) in [6, 6.07) is 6.53. The van der Waals surface area contributed by atoms with Gasteiger partial charge in [-0.1, -0.05) is 37.2 Å². The average molecular weight is 293 g/mol. The van der Waals surface area contributed by atoms with Crippen molar-refractivity contribution in [3.63, 3.8) is 0 Å². The summed E-state index contributed by atoms with van der Waals surface area (Å²) in [5.74, 6) is 5.23. The van der Waals surface area contributed by atoms with E-state index in [4.69, 9.17) is 5.11 Å². The van der Waals surface area contributed by atoms with Crippen LogP contribution in [0.15, 0.2) is 29.2 Å². The number of rotatable bonds is 3. The van der Waals surface area contributed by atoms with Crippen molar-refractivity contribution in [2.75, 3.05) is 6.61 Å². The molecule has 20 heavy (non-hydrogen) atoms. The number of aliphatic hydroxyl groups excluding tert-OH is 1. The molecule has 1 aromatic carbocycles. The molecular formula is C15H19NO3S. The van der Waals surface area contributed by atoms with Gasteiger partial charge in [-0.2, -0.15) is 0 Å². The van der Waals surface area contributed by atoms with E-state index in [1.807, 2.05) is 0 Å². The fourth-order valence-electron chi connectivity index (χ4n) is 2.39. The highest BCUT2D eigenvalue weighted by Crippen LogP contribution is 2.20. The smallest absolute Gasteiger partial charge is 0.240 e. The minimum absolute atomic E-state index is 0.0425. The maximum absolute atomic E-state index is 12.3. The van der Waals surface area contributed by atoms with Crippen LogP contribution in [0.5, 0.6) is 0 Å². The first-order valence-corrected chi connectivity index (χ1v) is 8.32. The summed E-state index contributed by atoms with van der Waals surface area (Å²) in [4.78, 5) is 0.229. The summed E-state index contributed by atoms with van der Waals surface area (Å²) in [7, 11) is -3.49. The molecule has 0 atom stereocenters. The van der Waals surface area contributed by atoms with Crippen LogP contribution in [0.3, 0.4) is 0 Å². The van der Waals surface area contributed by atoms with Gasteiger partial charge in [0.05, 0.1) is 4.90 Å². The van der Waals surface area contributed by atoms with Crippen LogP contribution >= 0.6 is 0 Å². The molecule has 4 nitrogen and oxygen atoms in total. The fraction of sp³-hybridized carbons (Fsp3) is 0.467. The molecule has 5 heteroatoms. The zero-order valence-corrected chi connectivity index (χ0v) is 12.1. The van der Waals surface area contributed by atoms with Crippen molar-refractivity contribution < 1.29 is 13.5 Å². The molecule has 1 aromatic rings. The van der Waals surface area contributed by atoms with Crippen molar-refractivity contribution in [3.8, 4) is 11.8 Å². The van der Waals surface area contributed by atoms with E-state index in [9.17, 15) is 8.42 Å². The molecule has 2 rings (SSSR count). The lowest BCUT2D eigenvalue weighted by Crippen LogP contribution is -2.36. The van der Waals surface area contributed by atoms with Crippen molar-refractivity contribution in [2.45, 2.75) is 43.0 Å². The van der Waals surface area contributed by atoms with E-state index >= 15 is 0 Å². The van der Waals surface area contributed by atoms with E-state index in [2.05, 4.69) is 16.6 Å². The van der Waals surface area contributed by atoms with Crippen molar-refractivity contribution in [1.29, 1.82) is 0 Å². The maximum Gasteiger partial charge on any atom is 0.240 e. The van der Waals surface area contributed by atoms with E-state index in [0.717, 1.165) is 25.7 Å². The average Bonchev–Trinajstić information content (AvgIpc) is 2.46. The highest BCUT2D eigenvalue weighted by molar-refractivity contribution is 7.89. The Labute approximate surface area is 120 Å². The predicted molar refractivity (Wildman–Crippen MR) is 77.6 cm³/mol. The summed E-state index contributed by atoms with van der Waals surface area (Å²) in [5, 5.41) is 8.67. The van der Waals surface area contributed by atoms with Gasteiger partial charge in [0.15, 0.2) is 0 Å². The molecule has 0 unspecified atom stereocenters. The molecule has 2 N–H and O–H groups in total. The van der Waals surface area contributed by atoms with Gasteiger partial charge in [0.25, 0.3) is 0 Å². The lowest BCUT2D eigenvalue weighted by molar-refractivity contribution is 0.350. The lowest BCUT2D eigenvalue weighted by Gasteiger charge is -2.22. The van der Waals surface area contributed by atoms with E-state index in [-0.39, 0.29) is 17.5 Å². The van der Waals surface area contributed by atoms with Gasteiger partial charge >= 0.3 is 0 Å². The SMILES string of the molecule is O=S(=O)(NC1CCCCC1)c1cccc(C#CCO)c1. The van der Waals surface area contributed by atoms with Crippen LogP contribution in [-0.2, 0) is 10.0 Å². The van der Waals surface area contributed by atoms with Crippen LogP contribution in [0.1, 0.15) is 37.7 Å². The molecule has 0 heterocycles. The van der Waals surface area contributed by atoms with Gasteiger partial charge < -0.3 is 5.11 Å². The predicted octanol–water partition coefficient (Wildman–Crippen LogP) is 1.64. The fourth-order valence-corrected chi connectivity index (χ4v) is 3.74. The Morgan fingerprint density at radius 3 is 2.70 bits per heavy atom. The molecule has 0 radical (unpaired) electrons. The zero-order valence-electron chi connectivity index (χ0n) is 11.3. The molecular weight excluding hydrogens is 274 g/mol. The largest absolute Gasteiger partial charge is 0.384 e. The first-order valence-electron chi connectivity index (χ1n) is 6.84. The summed E-state index contributed by atoms with van der Waals surface area (Å²) in [6.45, 7) is -0.239. The van der Waals surface area contributed by atoms with E-state index < -0.39 is 10.0 Å². The van der Waals surface area contributed by atoms with Gasteiger partial charge in [0.2, 0.25) is 10.0 Å². The van der Waals surface area contributed by atoms with Crippen LogP contribution < -0.4 is 4.72 Å². The van der Waals surface area contributed by atoms with E-state index in [1.54, 1.807) is 18.2 Å². The van der Waals surface area contributed by atoms with E-state index in [1.165, 1.54) is 12.5 Å². The Morgan fingerprint density at radius 1 is 1.25 bits per heavy atom. The van der Waals surface area contributed by atoms with Crippen LogP contribution in [0.25, 0.3) is 0 Å². The van der Waals surface area contributed by atoms with Crippen molar-refractivity contribution in [2.24, 2.45) is 0 Å². The zero-order chi connectivity index (χ0) is 14.4. The minimum atomic E-state index is -3.49. The van der Waals surface area contributed by atoms with Crippen LogP contribution in [0.4, 0.5) is 0 Å². The maximum atomic E-state index is 12.3. The van der Waals surface area contributed by atoms with Crippen LogP contribution in [-0.4, -0.2) is 26.2 Å². The van der Waals surface area contributed by atoms with Crippen molar-refractivity contribution in [1.82, 2.24) is 4.72 Å². The number of sulfonamides is 1. The molecule has 0 amide bonds. The van der Waals surface area contributed by atoms with Gasteiger partial charge in [-0.25, -0.2) is 13.1 Å². The molecule has 0 spiro atoms. The summed E-state index contributed by atoms with van der Waals surface area (Å²) < 4.78 is 27.4. The number of benzene rings is 1. The third-order valence-corrected chi connectivity index (χ3v) is 4.90. The summed E-state index contributed by atoms with van der Waals surface area (Å²) >= 11 is 0. The van der Waals surface area contributed by atoms with Gasteiger partial charge in [0, 0.05) is 11.6 Å². The molecule has 0 bridgehead atoms. The third-order valence-electron chi connectivity index (χ3n) is 3.38. The molecule has 0 saturated heterocycles. The highest BCUT2D eigenvalue weighted by atomic mass is 32.2. The third kappa shape index (κ3) is 4.07. The number of hydrogen-bond donors (Lipinski definition) is 2. The van der Waals surface area contributed by atoms with Gasteiger partial charge in [-0.3, -0.25) is 0 Å². The Kier molecular flexibility index (Phi) is 5.18. The van der Waals surface area contributed by atoms with Crippen molar-refractivity contribution in [3.05, 3.63) is 29.8 Å². The number of nitrogens with one attached hydrogen (secondary N) is 1. The summed E-state index contributed by atoms with van der Waals surface area (Å²) in [6.07, 6.45) is 5.15. The van der Waals surface area contributed by atoms with Crippen LogP contribution in [0, 0.1) is 11.8 Å². The Bertz CT molecular complexity index is 607. The second-order valence-corrected chi connectivity index (χ2v) is 6.66. The molecule has 1 fully saturated rings. The highest BCUT2D eigenvalue weighted by Gasteiger charge is 2.21. The summed E-state index contributed by atoms with van der Waals surface area (Å²) in [5.41, 5.74) is 0.588. The lowest BCUT2D eigenvalue weighted by atomic mass is 9.96. The number of hydrogen-bond acceptors (Lipinski definition) is 3. The van der Waals surface area contributed by atoms with Gasteiger partial charge in [0.1, 0.15) is 6.61 Å². The normalized spacial score (nSPS) is 16.4. The molecule has 0 aliphatic heterocycles. The Hall–Kier alpha value is -1.35. The second kappa shape index (κ2) is 6.89. The monoisotopic (exact) mass is 293 g/mol. The van der Waals surface area contributed by atoms with E-state index in [0.29, 0.717) is 5.56 Å². The molecule has 1 aliphatic carbocycles. The standard InChI is InChI=1S/C15H19NO3S/c17-11-5-7-13-6-4-10-15(12-13)20(18,19)16-14-8-2-1-3-9-14/h4,6,10,12,14,16-17H,1-3,8-9,11H2. The van der Waals surface area contributed by atoms with Gasteiger partial charge in [-0.05, 0) is 31.0 Å². The molecule has 0 aromatic heterocycles. The Balaban J connectivity index is 2.16. The number of aliphatic hydroxyl groups is 1. The minimum Gasteiger partial charge on any atom is -0.384 e. The molecule has 1 aliphatic rings. The van der Waals surface area contributed by atoms with Gasteiger partial charge in [-0.15, -0.1) is 0 Å². The molecule has 108 valence electrons. The second-order valence-electron chi connectivity index (χ2n) is 4.94. The van der Waals surface area contributed by atoms with Crippen molar-refractivity contribution >= 4 is 10.0 Å². The molecule has 1 saturated carbocycles. The first kappa shape index (κ1) is 15.0.